The highest BCUT2D eigenvalue weighted by atomic mass is 32.2. The van der Waals surface area contributed by atoms with Crippen molar-refractivity contribution in [3.8, 4) is 0 Å². The van der Waals surface area contributed by atoms with Crippen LogP contribution in [0.2, 0.25) is 0 Å². The Morgan fingerprint density at radius 3 is 2.76 bits per heavy atom. The number of sulfone groups is 1. The number of rotatable bonds is 4. The van der Waals surface area contributed by atoms with Gasteiger partial charge in [-0.05, 0) is 12.8 Å². The molecule has 100 valence electrons. The van der Waals surface area contributed by atoms with Gasteiger partial charge in [-0.1, -0.05) is 6.42 Å². The van der Waals surface area contributed by atoms with Gasteiger partial charge in [-0.15, -0.1) is 0 Å². The van der Waals surface area contributed by atoms with Gasteiger partial charge in [-0.2, -0.15) is 0 Å². The van der Waals surface area contributed by atoms with Crippen LogP contribution in [0.5, 0.6) is 0 Å². The van der Waals surface area contributed by atoms with Crippen molar-refractivity contribution in [2.75, 3.05) is 32.6 Å². The zero-order valence-corrected chi connectivity index (χ0v) is 11.0. The molecule has 1 heterocycles. The molecule has 1 N–H and O–H groups in total. The van der Waals surface area contributed by atoms with Crippen LogP contribution in [0.25, 0.3) is 0 Å². The highest BCUT2D eigenvalue weighted by Crippen LogP contribution is 2.25. The van der Waals surface area contributed by atoms with Gasteiger partial charge in [0.05, 0.1) is 31.2 Å². The zero-order chi connectivity index (χ0) is 12.3. The van der Waals surface area contributed by atoms with Crippen molar-refractivity contribution in [2.45, 2.75) is 36.7 Å². The molecular weight excluding hydrogens is 242 g/mol. The van der Waals surface area contributed by atoms with Crippen molar-refractivity contribution in [1.29, 1.82) is 0 Å². The minimum absolute atomic E-state index is 0.0598. The van der Waals surface area contributed by atoms with Crippen LogP contribution in [0.15, 0.2) is 0 Å². The second kappa shape index (κ2) is 5.65. The van der Waals surface area contributed by atoms with E-state index >= 15 is 0 Å². The molecular formula is C11H21NO4S. The van der Waals surface area contributed by atoms with Gasteiger partial charge in [0.25, 0.3) is 0 Å². The van der Waals surface area contributed by atoms with E-state index < -0.39 is 9.84 Å². The molecule has 1 saturated carbocycles. The molecule has 0 aromatic carbocycles. The molecule has 0 bridgehead atoms. The first-order valence-electron chi connectivity index (χ1n) is 6.19. The predicted molar refractivity (Wildman–Crippen MR) is 64.8 cm³/mol. The Hall–Kier alpha value is -0.170. The number of nitrogens with one attached hydrogen (secondary N) is 1. The molecule has 17 heavy (non-hydrogen) atoms. The van der Waals surface area contributed by atoms with Crippen LogP contribution >= 0.6 is 0 Å². The lowest BCUT2D eigenvalue weighted by atomic mass is 10.2. The number of ether oxygens (including phenoxy) is 2. The molecule has 2 fully saturated rings. The quantitative estimate of drug-likeness (QED) is 0.771. The maximum Gasteiger partial charge on any atom is 0.151 e. The summed E-state index contributed by atoms with van der Waals surface area (Å²) in [5.74, 6) is 0. The summed E-state index contributed by atoms with van der Waals surface area (Å²) in [6.07, 6.45) is 4.09. The first kappa shape index (κ1) is 13.3. The summed E-state index contributed by atoms with van der Waals surface area (Å²) in [7, 11) is -2.94. The SMILES string of the molecule is CS(=O)(=O)C1CCCC1NCC1COCCO1. The van der Waals surface area contributed by atoms with Crippen LogP contribution in [0, 0.1) is 0 Å². The molecule has 6 heteroatoms. The van der Waals surface area contributed by atoms with Crippen LogP contribution in [0.3, 0.4) is 0 Å². The summed E-state index contributed by atoms with van der Waals surface area (Å²) in [6, 6.07) is 0.0792. The largest absolute Gasteiger partial charge is 0.376 e. The van der Waals surface area contributed by atoms with Crippen molar-refractivity contribution >= 4 is 9.84 Å². The van der Waals surface area contributed by atoms with E-state index in [0.717, 1.165) is 19.3 Å². The van der Waals surface area contributed by atoms with E-state index in [0.29, 0.717) is 26.4 Å². The standard InChI is InChI=1S/C11H21NO4S/c1-17(13,14)11-4-2-3-10(11)12-7-9-8-15-5-6-16-9/h9-12H,2-8H2,1H3. The maximum absolute atomic E-state index is 11.6. The monoisotopic (exact) mass is 263 g/mol. The normalized spacial score (nSPS) is 35.0. The van der Waals surface area contributed by atoms with Crippen molar-refractivity contribution in [2.24, 2.45) is 0 Å². The summed E-state index contributed by atoms with van der Waals surface area (Å²) in [6.45, 7) is 2.57. The number of hydrogen-bond donors (Lipinski definition) is 1. The van der Waals surface area contributed by atoms with E-state index in [1.807, 2.05) is 0 Å². The number of hydrogen-bond acceptors (Lipinski definition) is 5. The Labute approximate surface area is 103 Å². The average Bonchev–Trinajstić information content (AvgIpc) is 2.75. The minimum Gasteiger partial charge on any atom is -0.376 e. The minimum atomic E-state index is -2.94. The van der Waals surface area contributed by atoms with Gasteiger partial charge in [-0.25, -0.2) is 8.42 Å². The fourth-order valence-corrected chi connectivity index (χ4v) is 4.03. The smallest absolute Gasteiger partial charge is 0.151 e. The summed E-state index contributed by atoms with van der Waals surface area (Å²) >= 11 is 0. The lowest BCUT2D eigenvalue weighted by Gasteiger charge is -2.26. The summed E-state index contributed by atoms with van der Waals surface area (Å²) in [5.41, 5.74) is 0. The first-order valence-corrected chi connectivity index (χ1v) is 8.14. The second-order valence-corrected chi connectivity index (χ2v) is 7.15. The van der Waals surface area contributed by atoms with E-state index in [4.69, 9.17) is 9.47 Å². The third-order valence-electron chi connectivity index (χ3n) is 3.50. The van der Waals surface area contributed by atoms with Gasteiger partial charge in [0.2, 0.25) is 0 Å². The molecule has 1 saturated heterocycles. The summed E-state index contributed by atoms with van der Waals surface area (Å²) < 4.78 is 34.0. The van der Waals surface area contributed by atoms with Crippen LogP contribution in [0.4, 0.5) is 0 Å². The highest BCUT2D eigenvalue weighted by molar-refractivity contribution is 7.91. The Kier molecular flexibility index (Phi) is 4.41. The molecule has 0 aromatic rings. The van der Waals surface area contributed by atoms with Gasteiger partial charge in [0.15, 0.2) is 9.84 Å². The molecule has 2 aliphatic rings. The van der Waals surface area contributed by atoms with Crippen molar-refractivity contribution in [1.82, 2.24) is 5.32 Å². The zero-order valence-electron chi connectivity index (χ0n) is 10.2. The van der Waals surface area contributed by atoms with Crippen molar-refractivity contribution < 1.29 is 17.9 Å². The predicted octanol–water partition coefficient (Wildman–Crippen LogP) is -0.0429. The van der Waals surface area contributed by atoms with E-state index in [2.05, 4.69) is 5.32 Å². The molecule has 1 aliphatic heterocycles. The van der Waals surface area contributed by atoms with Crippen molar-refractivity contribution in [3.05, 3.63) is 0 Å². The maximum atomic E-state index is 11.6. The average molecular weight is 263 g/mol. The fourth-order valence-electron chi connectivity index (χ4n) is 2.61. The summed E-state index contributed by atoms with van der Waals surface area (Å²) in [4.78, 5) is 0. The van der Waals surface area contributed by atoms with Crippen LogP contribution in [0.1, 0.15) is 19.3 Å². The first-order chi connectivity index (χ1) is 8.07. The van der Waals surface area contributed by atoms with Crippen LogP contribution in [-0.2, 0) is 19.3 Å². The van der Waals surface area contributed by atoms with Gasteiger partial charge >= 0.3 is 0 Å². The molecule has 0 amide bonds. The third-order valence-corrected chi connectivity index (χ3v) is 5.16. The van der Waals surface area contributed by atoms with E-state index in [-0.39, 0.29) is 17.4 Å². The Bertz CT molecular complexity index is 337. The van der Waals surface area contributed by atoms with Gasteiger partial charge in [0, 0.05) is 18.8 Å². The second-order valence-electron chi connectivity index (χ2n) is 4.88. The third kappa shape index (κ3) is 3.64. The molecule has 0 radical (unpaired) electrons. The van der Waals surface area contributed by atoms with E-state index in [1.165, 1.54) is 6.26 Å². The molecule has 2 rings (SSSR count). The summed E-state index contributed by atoms with van der Waals surface area (Å²) in [5, 5.41) is 3.09. The lowest BCUT2D eigenvalue weighted by Crippen LogP contribution is -2.46. The Morgan fingerprint density at radius 1 is 1.29 bits per heavy atom. The molecule has 3 unspecified atom stereocenters. The van der Waals surface area contributed by atoms with Crippen LogP contribution < -0.4 is 5.32 Å². The lowest BCUT2D eigenvalue weighted by molar-refractivity contribution is -0.0869. The van der Waals surface area contributed by atoms with Gasteiger partial charge in [0.1, 0.15) is 0 Å². The topological polar surface area (TPSA) is 64.6 Å². The molecule has 1 aliphatic carbocycles. The van der Waals surface area contributed by atoms with Crippen molar-refractivity contribution in [3.63, 3.8) is 0 Å². The fraction of sp³-hybridized carbons (Fsp3) is 1.00. The highest BCUT2D eigenvalue weighted by Gasteiger charge is 2.34. The molecule has 3 atom stereocenters. The Balaban J connectivity index is 1.81. The van der Waals surface area contributed by atoms with Crippen LogP contribution in [-0.4, -0.2) is 58.4 Å². The van der Waals surface area contributed by atoms with E-state index in [1.54, 1.807) is 0 Å². The molecule has 5 nitrogen and oxygen atoms in total. The molecule has 0 spiro atoms. The Morgan fingerprint density at radius 2 is 2.12 bits per heavy atom. The molecule has 0 aromatic heterocycles. The van der Waals surface area contributed by atoms with E-state index in [9.17, 15) is 8.42 Å². The van der Waals surface area contributed by atoms with Gasteiger partial charge in [-0.3, -0.25) is 0 Å². The van der Waals surface area contributed by atoms with Gasteiger partial charge < -0.3 is 14.8 Å².